The van der Waals surface area contributed by atoms with E-state index in [1.54, 1.807) is 11.1 Å². The number of aromatic nitrogens is 1. The molecule has 0 amide bonds. The molecule has 28 heavy (non-hydrogen) atoms. The van der Waals surface area contributed by atoms with Crippen LogP contribution in [0.25, 0.3) is 5.57 Å². The van der Waals surface area contributed by atoms with Gasteiger partial charge < -0.3 is 5.21 Å². The zero-order valence-electron chi connectivity index (χ0n) is 17.4. The molecule has 148 valence electrons. The number of nitrogens with zero attached hydrogens (tertiary/aromatic N) is 2. The third-order valence-corrected chi connectivity index (χ3v) is 8.98. The van der Waals surface area contributed by atoms with Crippen molar-refractivity contribution in [2.75, 3.05) is 0 Å². The molecule has 2 fully saturated rings. The summed E-state index contributed by atoms with van der Waals surface area (Å²) in [5, 5.41) is 12.9. The molecule has 0 saturated heterocycles. The SMILES string of the molecule is CC1CC2C(CC[C@]3(C)C(c4cccnc4)=CCC23)[C@@]2(C)CCC(=NO)C=C12. The van der Waals surface area contributed by atoms with Crippen LogP contribution >= 0.6 is 0 Å². The second-order valence-electron chi connectivity index (χ2n) is 10.2. The minimum atomic E-state index is 0.273. The van der Waals surface area contributed by atoms with Gasteiger partial charge >= 0.3 is 0 Å². The molecule has 0 bridgehead atoms. The van der Waals surface area contributed by atoms with Gasteiger partial charge in [0.15, 0.2) is 0 Å². The molecule has 1 heterocycles. The fourth-order valence-electron chi connectivity index (χ4n) is 7.61. The van der Waals surface area contributed by atoms with Gasteiger partial charge in [-0.15, -0.1) is 0 Å². The number of hydrogen-bond acceptors (Lipinski definition) is 3. The monoisotopic (exact) mass is 376 g/mol. The molecule has 1 aromatic rings. The Bertz CT molecular complexity index is 870. The van der Waals surface area contributed by atoms with E-state index in [4.69, 9.17) is 0 Å². The third-order valence-electron chi connectivity index (χ3n) is 8.98. The van der Waals surface area contributed by atoms with Gasteiger partial charge in [0.25, 0.3) is 0 Å². The Labute approximate surface area is 168 Å². The van der Waals surface area contributed by atoms with Crippen LogP contribution in [0.3, 0.4) is 0 Å². The van der Waals surface area contributed by atoms with Gasteiger partial charge in [0.05, 0.1) is 5.71 Å². The minimum Gasteiger partial charge on any atom is -0.411 e. The quantitative estimate of drug-likeness (QED) is 0.474. The van der Waals surface area contributed by atoms with Crippen molar-refractivity contribution in [1.29, 1.82) is 0 Å². The highest BCUT2D eigenvalue weighted by Crippen LogP contribution is 2.67. The first-order valence-corrected chi connectivity index (χ1v) is 11.0. The van der Waals surface area contributed by atoms with Crippen molar-refractivity contribution in [2.24, 2.45) is 39.7 Å². The summed E-state index contributed by atoms with van der Waals surface area (Å²) in [5.41, 5.74) is 5.85. The van der Waals surface area contributed by atoms with Gasteiger partial charge in [-0.25, -0.2) is 0 Å². The molecule has 6 atom stereocenters. The number of hydrogen-bond donors (Lipinski definition) is 1. The van der Waals surface area contributed by atoms with E-state index < -0.39 is 0 Å². The number of rotatable bonds is 1. The summed E-state index contributed by atoms with van der Waals surface area (Å²) in [5.74, 6) is 2.87. The van der Waals surface area contributed by atoms with Gasteiger partial charge in [-0.1, -0.05) is 43.6 Å². The molecule has 3 nitrogen and oxygen atoms in total. The molecule has 2 saturated carbocycles. The summed E-state index contributed by atoms with van der Waals surface area (Å²) in [6, 6.07) is 4.31. The van der Waals surface area contributed by atoms with Crippen molar-refractivity contribution in [3.8, 4) is 0 Å². The zero-order chi connectivity index (χ0) is 19.5. The normalized spacial score (nSPS) is 43.6. The number of allylic oxidation sites excluding steroid dienone is 4. The third kappa shape index (κ3) is 2.41. The van der Waals surface area contributed by atoms with E-state index in [0.717, 1.165) is 36.3 Å². The Balaban J connectivity index is 1.50. The second-order valence-corrected chi connectivity index (χ2v) is 10.2. The number of oxime groups is 1. The van der Waals surface area contributed by atoms with Crippen molar-refractivity contribution in [3.63, 3.8) is 0 Å². The van der Waals surface area contributed by atoms with Crippen molar-refractivity contribution in [2.45, 2.75) is 59.3 Å². The Morgan fingerprint density at radius 3 is 2.79 bits per heavy atom. The summed E-state index contributed by atoms with van der Waals surface area (Å²) in [4.78, 5) is 4.39. The van der Waals surface area contributed by atoms with Crippen LogP contribution in [0.4, 0.5) is 0 Å². The first-order valence-electron chi connectivity index (χ1n) is 11.0. The molecular formula is C25H32N2O. The van der Waals surface area contributed by atoms with Crippen LogP contribution in [0.2, 0.25) is 0 Å². The molecule has 0 aromatic carbocycles. The van der Waals surface area contributed by atoms with Crippen LogP contribution in [0.1, 0.15) is 64.9 Å². The largest absolute Gasteiger partial charge is 0.411 e. The predicted molar refractivity (Wildman–Crippen MR) is 113 cm³/mol. The lowest BCUT2D eigenvalue weighted by Gasteiger charge is -2.59. The van der Waals surface area contributed by atoms with Crippen LogP contribution in [0, 0.1) is 34.5 Å². The predicted octanol–water partition coefficient (Wildman–Crippen LogP) is 6.11. The van der Waals surface area contributed by atoms with Crippen LogP contribution in [-0.4, -0.2) is 15.9 Å². The van der Waals surface area contributed by atoms with E-state index in [1.807, 2.05) is 12.4 Å². The van der Waals surface area contributed by atoms with E-state index >= 15 is 0 Å². The smallest absolute Gasteiger partial charge is 0.0795 e. The highest BCUT2D eigenvalue weighted by molar-refractivity contribution is 5.96. The van der Waals surface area contributed by atoms with Gasteiger partial charge in [0, 0.05) is 12.4 Å². The van der Waals surface area contributed by atoms with Crippen LogP contribution < -0.4 is 0 Å². The van der Waals surface area contributed by atoms with Gasteiger partial charge in [-0.2, -0.15) is 0 Å². The fourth-order valence-corrected chi connectivity index (χ4v) is 7.61. The zero-order valence-corrected chi connectivity index (χ0v) is 17.4. The molecule has 1 N–H and O–H groups in total. The Hall–Kier alpha value is -1.90. The summed E-state index contributed by atoms with van der Waals surface area (Å²) < 4.78 is 0. The van der Waals surface area contributed by atoms with Gasteiger partial charge in [-0.3, -0.25) is 4.98 Å². The lowest BCUT2D eigenvalue weighted by Crippen LogP contribution is -2.51. The molecule has 4 aliphatic carbocycles. The lowest BCUT2D eigenvalue weighted by molar-refractivity contribution is -0.0319. The van der Waals surface area contributed by atoms with Crippen LogP contribution in [-0.2, 0) is 0 Å². The van der Waals surface area contributed by atoms with Crippen LogP contribution in [0.5, 0.6) is 0 Å². The average molecular weight is 377 g/mol. The standard InChI is InChI=1S/C25H32N2O/c1-16-13-19-21-7-6-20(17-5-4-12-26-15-17)24(21,2)11-9-22(19)25(3)10-8-18(27-28)14-23(16)25/h4-6,12,14-16,19,21-22,28H,7-11,13H2,1-3H3/t16?,19?,21?,22?,24-,25-/m1/s1. The number of pyridine rings is 1. The molecular weight excluding hydrogens is 344 g/mol. The van der Waals surface area contributed by atoms with Gasteiger partial charge in [-0.05, 0) is 96.3 Å². The minimum absolute atomic E-state index is 0.273. The Kier molecular flexibility index (Phi) is 4.08. The van der Waals surface area contributed by atoms with Crippen molar-refractivity contribution in [3.05, 3.63) is 47.8 Å². The first-order chi connectivity index (χ1) is 13.5. The van der Waals surface area contributed by atoms with Crippen LogP contribution in [0.15, 0.2) is 47.4 Å². The van der Waals surface area contributed by atoms with E-state index in [1.165, 1.54) is 31.2 Å². The molecule has 3 heteroatoms. The first kappa shape index (κ1) is 18.1. The lowest BCUT2D eigenvalue weighted by atomic mass is 9.45. The molecule has 0 aliphatic heterocycles. The molecule has 4 aliphatic rings. The fraction of sp³-hybridized carbons (Fsp3) is 0.600. The van der Waals surface area contributed by atoms with Gasteiger partial charge in [0.1, 0.15) is 0 Å². The average Bonchev–Trinajstić information content (AvgIpc) is 3.06. The Morgan fingerprint density at radius 1 is 1.18 bits per heavy atom. The second kappa shape index (κ2) is 6.30. The van der Waals surface area contributed by atoms with Crippen molar-refractivity contribution < 1.29 is 5.21 Å². The highest BCUT2D eigenvalue weighted by atomic mass is 16.4. The summed E-state index contributed by atoms with van der Waals surface area (Å²) in [6.45, 7) is 7.43. The van der Waals surface area contributed by atoms with Crippen molar-refractivity contribution >= 4 is 11.3 Å². The number of fused-ring (bicyclic) bond motifs is 5. The van der Waals surface area contributed by atoms with E-state index in [-0.39, 0.29) is 10.8 Å². The highest BCUT2D eigenvalue weighted by Gasteiger charge is 2.58. The maximum Gasteiger partial charge on any atom is 0.0795 e. The molecule has 0 radical (unpaired) electrons. The molecule has 5 rings (SSSR count). The summed E-state index contributed by atoms with van der Waals surface area (Å²) in [7, 11) is 0. The summed E-state index contributed by atoms with van der Waals surface area (Å²) in [6.07, 6.45) is 15.8. The molecule has 4 unspecified atom stereocenters. The Morgan fingerprint density at radius 2 is 2.04 bits per heavy atom. The topological polar surface area (TPSA) is 45.5 Å². The van der Waals surface area contributed by atoms with Crippen molar-refractivity contribution in [1.82, 2.24) is 4.98 Å². The summed E-state index contributed by atoms with van der Waals surface area (Å²) >= 11 is 0. The maximum absolute atomic E-state index is 9.31. The maximum atomic E-state index is 9.31. The molecule has 0 spiro atoms. The van der Waals surface area contributed by atoms with E-state index in [2.05, 4.69) is 55.2 Å². The van der Waals surface area contributed by atoms with E-state index in [0.29, 0.717) is 5.92 Å². The van der Waals surface area contributed by atoms with Gasteiger partial charge in [0.2, 0.25) is 0 Å². The molecule has 1 aromatic heterocycles. The van der Waals surface area contributed by atoms with E-state index in [9.17, 15) is 5.21 Å².